The molecule has 0 saturated carbocycles. The van der Waals surface area contributed by atoms with Crippen molar-refractivity contribution < 1.29 is 9.18 Å². The van der Waals surface area contributed by atoms with Crippen molar-refractivity contribution in [1.82, 2.24) is 19.8 Å². The number of aryl methyl sites for hydroxylation is 1. The summed E-state index contributed by atoms with van der Waals surface area (Å²) in [5, 5.41) is 6.97. The van der Waals surface area contributed by atoms with Gasteiger partial charge in [-0.3, -0.25) is 9.78 Å². The van der Waals surface area contributed by atoms with Gasteiger partial charge < -0.3 is 20.1 Å². The summed E-state index contributed by atoms with van der Waals surface area (Å²) >= 11 is 5.75. The lowest BCUT2D eigenvalue weighted by molar-refractivity contribution is -0.116. The molecule has 4 aromatic rings. The van der Waals surface area contributed by atoms with E-state index in [4.69, 9.17) is 12.2 Å². The molecular formula is C29H28FN5OS. The molecular weight excluding hydrogens is 485 g/mol. The molecule has 2 unspecified atom stereocenters. The second kappa shape index (κ2) is 10.9. The monoisotopic (exact) mass is 513 g/mol. The third-order valence-corrected chi connectivity index (χ3v) is 7.00. The van der Waals surface area contributed by atoms with Crippen molar-refractivity contribution >= 4 is 28.9 Å². The first kappa shape index (κ1) is 24.6. The Bertz CT molecular complexity index is 1410. The molecule has 0 aliphatic carbocycles. The van der Waals surface area contributed by atoms with Gasteiger partial charge in [0, 0.05) is 36.7 Å². The van der Waals surface area contributed by atoms with Crippen LogP contribution in [0.15, 0.2) is 91.3 Å². The van der Waals surface area contributed by atoms with Gasteiger partial charge in [-0.2, -0.15) is 0 Å². The van der Waals surface area contributed by atoms with Gasteiger partial charge in [0.05, 0.1) is 23.5 Å². The number of carbonyl (C=O) groups is 1. The largest absolute Gasteiger partial charge is 0.352 e. The zero-order valence-electron chi connectivity index (χ0n) is 20.5. The first-order valence-corrected chi connectivity index (χ1v) is 12.8. The van der Waals surface area contributed by atoms with Crippen molar-refractivity contribution in [3.05, 3.63) is 114 Å². The van der Waals surface area contributed by atoms with E-state index in [1.54, 1.807) is 18.3 Å². The number of nitrogens with zero attached hydrogens (tertiary/aromatic N) is 3. The molecule has 1 fully saturated rings. The van der Waals surface area contributed by atoms with Crippen LogP contribution in [0.1, 0.15) is 42.4 Å². The van der Waals surface area contributed by atoms with E-state index < -0.39 is 0 Å². The summed E-state index contributed by atoms with van der Waals surface area (Å²) in [5.41, 5.74) is 4.04. The lowest BCUT2D eigenvalue weighted by Gasteiger charge is -2.29. The lowest BCUT2D eigenvalue weighted by atomic mass is 10.0. The minimum atomic E-state index is -0.316. The van der Waals surface area contributed by atoms with Crippen LogP contribution in [0.5, 0.6) is 0 Å². The minimum Gasteiger partial charge on any atom is -0.352 e. The number of aromatic nitrogens is 2. The van der Waals surface area contributed by atoms with Gasteiger partial charge in [0.15, 0.2) is 5.11 Å². The van der Waals surface area contributed by atoms with Crippen LogP contribution in [-0.4, -0.2) is 32.0 Å². The van der Waals surface area contributed by atoms with Crippen LogP contribution in [0.4, 0.5) is 10.1 Å². The number of halogens is 1. The zero-order valence-corrected chi connectivity index (χ0v) is 21.3. The fourth-order valence-electron chi connectivity index (χ4n) is 4.85. The number of nitrogens with one attached hydrogen (secondary N) is 2. The molecule has 0 spiro atoms. The molecule has 1 saturated heterocycles. The van der Waals surface area contributed by atoms with Gasteiger partial charge >= 0.3 is 0 Å². The normalized spacial score (nSPS) is 17.0. The summed E-state index contributed by atoms with van der Waals surface area (Å²) in [7, 11) is 0. The molecule has 8 heteroatoms. The third kappa shape index (κ3) is 5.11. The first-order valence-electron chi connectivity index (χ1n) is 12.3. The van der Waals surface area contributed by atoms with E-state index in [9.17, 15) is 9.18 Å². The van der Waals surface area contributed by atoms with Crippen molar-refractivity contribution in [2.75, 3.05) is 11.9 Å². The van der Waals surface area contributed by atoms with E-state index in [1.165, 1.54) is 6.07 Å². The number of benzene rings is 2. The molecule has 188 valence electrons. The average molecular weight is 514 g/mol. The topological polar surface area (TPSA) is 62.2 Å². The number of hydrogen-bond donors (Lipinski definition) is 2. The lowest BCUT2D eigenvalue weighted by Crippen LogP contribution is -2.33. The fourth-order valence-corrected chi connectivity index (χ4v) is 5.19. The number of thiocarbonyl (C=S) groups is 1. The van der Waals surface area contributed by atoms with Crippen molar-refractivity contribution in [3.8, 4) is 5.69 Å². The van der Waals surface area contributed by atoms with E-state index in [0.717, 1.165) is 29.1 Å². The summed E-state index contributed by atoms with van der Waals surface area (Å²) in [6.07, 6.45) is 4.66. The highest BCUT2D eigenvalue weighted by atomic mass is 32.1. The number of hydrogen-bond acceptors (Lipinski definition) is 3. The molecule has 0 bridgehead atoms. The highest BCUT2D eigenvalue weighted by Gasteiger charge is 2.41. The van der Waals surface area contributed by atoms with Crippen LogP contribution in [0.3, 0.4) is 0 Å². The van der Waals surface area contributed by atoms with Crippen LogP contribution in [0.2, 0.25) is 0 Å². The summed E-state index contributed by atoms with van der Waals surface area (Å²) in [6, 6.07) is 23.5. The molecule has 1 aliphatic rings. The molecule has 6 nitrogen and oxygen atoms in total. The van der Waals surface area contributed by atoms with Crippen LogP contribution >= 0.6 is 12.2 Å². The molecule has 3 heterocycles. The average Bonchev–Trinajstić information content (AvgIpc) is 3.52. The predicted octanol–water partition coefficient (Wildman–Crippen LogP) is 5.58. The molecule has 2 atom stereocenters. The van der Waals surface area contributed by atoms with Crippen molar-refractivity contribution in [3.63, 3.8) is 0 Å². The van der Waals surface area contributed by atoms with Crippen LogP contribution < -0.4 is 10.6 Å². The summed E-state index contributed by atoms with van der Waals surface area (Å²) < 4.78 is 16.6. The zero-order chi connectivity index (χ0) is 25.8. The van der Waals surface area contributed by atoms with E-state index in [-0.39, 0.29) is 30.2 Å². The third-order valence-electron chi connectivity index (χ3n) is 6.65. The van der Waals surface area contributed by atoms with Gasteiger partial charge in [-0.05, 0) is 66.7 Å². The van der Waals surface area contributed by atoms with E-state index >= 15 is 0 Å². The molecule has 2 aromatic heterocycles. The van der Waals surface area contributed by atoms with Crippen LogP contribution in [-0.2, 0) is 11.2 Å². The number of pyridine rings is 1. The number of rotatable bonds is 8. The second-order valence-electron chi connectivity index (χ2n) is 8.88. The molecule has 1 amide bonds. The SMILES string of the molecule is CCc1ccccc1NC(=O)CCN1C(=S)NC(c2ccccn2)C1c1cccn1-c1ccccc1F. The highest BCUT2D eigenvalue weighted by molar-refractivity contribution is 7.80. The maximum Gasteiger partial charge on any atom is 0.226 e. The van der Waals surface area contributed by atoms with Gasteiger partial charge in [-0.15, -0.1) is 0 Å². The Balaban J connectivity index is 1.45. The molecule has 5 rings (SSSR count). The van der Waals surface area contributed by atoms with E-state index in [0.29, 0.717) is 17.3 Å². The fraction of sp³-hybridized carbons (Fsp3) is 0.207. The van der Waals surface area contributed by atoms with Gasteiger partial charge in [-0.1, -0.05) is 43.3 Å². The Kier molecular flexibility index (Phi) is 7.28. The Hall–Kier alpha value is -4.04. The van der Waals surface area contributed by atoms with Gasteiger partial charge in [0.25, 0.3) is 0 Å². The smallest absolute Gasteiger partial charge is 0.226 e. The Morgan fingerprint density at radius 2 is 1.84 bits per heavy atom. The highest BCUT2D eigenvalue weighted by Crippen LogP contribution is 2.39. The standard InChI is InChI=1S/C29H28FN5OS/c1-2-20-10-3-5-12-22(20)32-26(36)16-19-35-28(27(33-29(35)37)23-13-7-8-17-31-23)25-15-9-18-34(25)24-14-6-4-11-21(24)30/h3-15,17-18,27-28H,2,16,19H2,1H3,(H,32,36)(H,33,37). The summed E-state index contributed by atoms with van der Waals surface area (Å²) in [5.74, 6) is -0.406. The summed E-state index contributed by atoms with van der Waals surface area (Å²) in [4.78, 5) is 19.5. The Morgan fingerprint density at radius 3 is 2.62 bits per heavy atom. The minimum absolute atomic E-state index is 0.0896. The van der Waals surface area contributed by atoms with Gasteiger partial charge in [-0.25, -0.2) is 4.39 Å². The maximum absolute atomic E-state index is 14.8. The van der Waals surface area contributed by atoms with E-state index in [2.05, 4.69) is 22.5 Å². The first-order chi connectivity index (χ1) is 18.1. The van der Waals surface area contributed by atoms with Gasteiger partial charge in [0.2, 0.25) is 5.91 Å². The molecule has 2 N–H and O–H groups in total. The second-order valence-corrected chi connectivity index (χ2v) is 9.27. The van der Waals surface area contributed by atoms with Crippen LogP contribution in [0, 0.1) is 5.82 Å². The predicted molar refractivity (Wildman–Crippen MR) is 147 cm³/mol. The quantitative estimate of drug-likeness (QED) is 0.302. The van der Waals surface area contributed by atoms with Crippen molar-refractivity contribution in [2.45, 2.75) is 31.8 Å². The molecule has 2 aromatic carbocycles. The van der Waals surface area contributed by atoms with Crippen molar-refractivity contribution in [1.29, 1.82) is 0 Å². The molecule has 1 aliphatic heterocycles. The number of carbonyl (C=O) groups excluding carboxylic acids is 1. The van der Waals surface area contributed by atoms with Crippen LogP contribution in [0.25, 0.3) is 5.69 Å². The number of anilines is 1. The van der Waals surface area contributed by atoms with E-state index in [1.807, 2.05) is 76.3 Å². The summed E-state index contributed by atoms with van der Waals surface area (Å²) in [6.45, 7) is 2.45. The number of para-hydroxylation sites is 2. The van der Waals surface area contributed by atoms with Gasteiger partial charge in [0.1, 0.15) is 5.82 Å². The Morgan fingerprint density at radius 1 is 1.05 bits per heavy atom. The maximum atomic E-state index is 14.8. The van der Waals surface area contributed by atoms with Crippen molar-refractivity contribution in [2.24, 2.45) is 0 Å². The Labute approximate surface area is 221 Å². The molecule has 37 heavy (non-hydrogen) atoms. The number of amides is 1. The molecule has 0 radical (unpaired) electrons.